The Balaban J connectivity index is 1.34. The zero-order valence-electron chi connectivity index (χ0n) is 17.7. The van der Waals surface area contributed by atoms with Gasteiger partial charge in [0, 0.05) is 37.1 Å². The smallest absolute Gasteiger partial charge is 0.348 e. The van der Waals surface area contributed by atoms with E-state index in [-0.39, 0.29) is 17.2 Å². The average Bonchev–Trinajstić information content (AvgIpc) is 3.19. The highest BCUT2D eigenvalue weighted by Gasteiger charge is 2.26. The molecule has 1 aromatic carbocycles. The Morgan fingerprint density at radius 3 is 2.81 bits per heavy atom. The summed E-state index contributed by atoms with van der Waals surface area (Å²) in [7, 11) is 0. The molecule has 1 atom stereocenters. The number of H-pyrrole nitrogens is 2. The molecule has 0 aliphatic carbocycles. The van der Waals surface area contributed by atoms with E-state index < -0.39 is 0 Å². The fraction of sp³-hybridized carbons (Fsp3) is 0.522. The second kappa shape index (κ2) is 8.80. The van der Waals surface area contributed by atoms with Gasteiger partial charge in [0.25, 0.3) is 0 Å². The van der Waals surface area contributed by atoms with E-state index >= 15 is 0 Å². The summed E-state index contributed by atoms with van der Waals surface area (Å²) < 4.78 is 6.86. The summed E-state index contributed by atoms with van der Waals surface area (Å²) in [6.45, 7) is 4.91. The van der Waals surface area contributed by atoms with Crippen LogP contribution in [0.1, 0.15) is 43.8 Å². The van der Waals surface area contributed by atoms with E-state index in [0.717, 1.165) is 62.8 Å². The highest BCUT2D eigenvalue weighted by molar-refractivity contribution is 5.85. The number of nitrogens with zero attached hydrogens (tertiary/aromatic N) is 3. The number of hydrogen-bond donors (Lipinski definition) is 2. The quantitative estimate of drug-likeness (QED) is 0.657. The number of aromatic nitrogens is 4. The molecular formula is C23H29N5O3. The van der Waals surface area contributed by atoms with Gasteiger partial charge in [-0.25, -0.2) is 4.79 Å². The van der Waals surface area contributed by atoms with Crippen molar-refractivity contribution in [3.8, 4) is 5.69 Å². The summed E-state index contributed by atoms with van der Waals surface area (Å²) in [6.07, 6.45) is 5.68. The van der Waals surface area contributed by atoms with Gasteiger partial charge < -0.3 is 14.6 Å². The van der Waals surface area contributed by atoms with Gasteiger partial charge >= 0.3 is 5.69 Å². The second-order valence-electron chi connectivity index (χ2n) is 8.78. The summed E-state index contributed by atoms with van der Waals surface area (Å²) in [5.74, 6) is 1.71. The zero-order chi connectivity index (χ0) is 21.2. The number of para-hydroxylation sites is 1. The largest absolute Gasteiger partial charge is 0.381 e. The number of rotatable bonds is 5. The molecule has 0 spiro atoms. The van der Waals surface area contributed by atoms with E-state index in [1.165, 1.54) is 30.0 Å². The van der Waals surface area contributed by atoms with Crippen molar-refractivity contribution >= 4 is 10.9 Å². The SMILES string of the molecule is O=c1ccc2cccc(-n3nc([C@H]4CCCN(CCC5CCOCC5)C4)[nH]c3=O)c2[nH]1. The van der Waals surface area contributed by atoms with Crippen LogP contribution in [0.3, 0.4) is 0 Å². The second-order valence-corrected chi connectivity index (χ2v) is 8.78. The molecule has 5 rings (SSSR count). The Labute approximate surface area is 180 Å². The summed E-state index contributed by atoms with van der Waals surface area (Å²) in [6, 6.07) is 8.83. The number of ether oxygens (including phenoxy) is 1. The maximum absolute atomic E-state index is 12.8. The minimum absolute atomic E-state index is 0.198. The molecule has 2 fully saturated rings. The van der Waals surface area contributed by atoms with Gasteiger partial charge in [-0.3, -0.25) is 9.78 Å². The Kier molecular flexibility index (Phi) is 5.74. The number of fused-ring (bicyclic) bond motifs is 1. The molecule has 0 amide bonds. The number of aromatic amines is 2. The maximum atomic E-state index is 12.8. The van der Waals surface area contributed by atoms with E-state index in [2.05, 4.69) is 20.0 Å². The van der Waals surface area contributed by atoms with Crippen molar-refractivity contribution in [2.75, 3.05) is 32.8 Å². The van der Waals surface area contributed by atoms with E-state index in [9.17, 15) is 9.59 Å². The fourth-order valence-corrected chi connectivity index (χ4v) is 4.91. The molecule has 31 heavy (non-hydrogen) atoms. The molecule has 2 aliphatic rings. The monoisotopic (exact) mass is 423 g/mol. The van der Waals surface area contributed by atoms with Crippen LogP contribution in [-0.4, -0.2) is 57.5 Å². The molecule has 2 saturated heterocycles. The summed E-state index contributed by atoms with van der Waals surface area (Å²) >= 11 is 0. The zero-order valence-corrected chi connectivity index (χ0v) is 17.7. The molecule has 0 radical (unpaired) electrons. The molecule has 0 unspecified atom stereocenters. The van der Waals surface area contributed by atoms with Gasteiger partial charge in [0.1, 0.15) is 5.82 Å². The summed E-state index contributed by atoms with van der Waals surface area (Å²) in [5.41, 5.74) is 0.745. The van der Waals surface area contributed by atoms with Crippen LogP contribution < -0.4 is 11.2 Å². The van der Waals surface area contributed by atoms with Gasteiger partial charge in [-0.1, -0.05) is 12.1 Å². The Hall–Kier alpha value is -2.71. The van der Waals surface area contributed by atoms with Crippen molar-refractivity contribution in [3.05, 3.63) is 57.0 Å². The Morgan fingerprint density at radius 1 is 1.06 bits per heavy atom. The van der Waals surface area contributed by atoms with Crippen molar-refractivity contribution in [2.45, 2.75) is 38.0 Å². The number of nitrogens with one attached hydrogen (secondary N) is 2. The molecule has 4 heterocycles. The average molecular weight is 424 g/mol. The molecular weight excluding hydrogens is 394 g/mol. The lowest BCUT2D eigenvalue weighted by atomic mass is 9.94. The third-order valence-corrected chi connectivity index (χ3v) is 6.69. The highest BCUT2D eigenvalue weighted by atomic mass is 16.5. The lowest BCUT2D eigenvalue weighted by molar-refractivity contribution is 0.0586. The summed E-state index contributed by atoms with van der Waals surface area (Å²) in [5, 5.41) is 5.52. The van der Waals surface area contributed by atoms with E-state index in [1.54, 1.807) is 6.07 Å². The molecule has 8 nitrogen and oxygen atoms in total. The van der Waals surface area contributed by atoms with Gasteiger partial charge in [-0.15, -0.1) is 5.10 Å². The van der Waals surface area contributed by atoms with Crippen LogP contribution in [0, 0.1) is 5.92 Å². The molecule has 0 saturated carbocycles. The highest BCUT2D eigenvalue weighted by Crippen LogP contribution is 2.26. The van der Waals surface area contributed by atoms with Crippen LogP contribution >= 0.6 is 0 Å². The normalized spacial score (nSPS) is 21.0. The van der Waals surface area contributed by atoms with Gasteiger partial charge in [0.15, 0.2) is 0 Å². The fourth-order valence-electron chi connectivity index (χ4n) is 4.91. The molecule has 3 aromatic rings. The minimum Gasteiger partial charge on any atom is -0.381 e. The van der Waals surface area contributed by atoms with Crippen molar-refractivity contribution in [1.82, 2.24) is 24.6 Å². The predicted molar refractivity (Wildman–Crippen MR) is 119 cm³/mol. The van der Waals surface area contributed by atoms with Crippen LogP contribution in [-0.2, 0) is 4.74 Å². The van der Waals surface area contributed by atoms with Crippen LogP contribution in [0.25, 0.3) is 16.6 Å². The van der Waals surface area contributed by atoms with Gasteiger partial charge in [0.05, 0.1) is 11.2 Å². The third kappa shape index (κ3) is 4.36. The van der Waals surface area contributed by atoms with Gasteiger partial charge in [0.2, 0.25) is 5.56 Å². The molecule has 2 N–H and O–H groups in total. The van der Waals surface area contributed by atoms with Gasteiger partial charge in [-0.05, 0) is 63.2 Å². The van der Waals surface area contributed by atoms with Crippen LogP contribution in [0.5, 0.6) is 0 Å². The molecule has 2 aromatic heterocycles. The Bertz CT molecular complexity index is 1160. The predicted octanol–water partition coefficient (Wildman–Crippen LogP) is 2.40. The van der Waals surface area contributed by atoms with E-state index in [4.69, 9.17) is 4.74 Å². The topological polar surface area (TPSA) is 96.0 Å². The third-order valence-electron chi connectivity index (χ3n) is 6.69. The molecule has 2 aliphatic heterocycles. The van der Waals surface area contributed by atoms with E-state index in [1.807, 2.05) is 18.2 Å². The molecule has 8 heteroatoms. The Morgan fingerprint density at radius 2 is 1.94 bits per heavy atom. The van der Waals surface area contributed by atoms with Crippen molar-refractivity contribution in [2.24, 2.45) is 5.92 Å². The van der Waals surface area contributed by atoms with Gasteiger partial charge in [-0.2, -0.15) is 4.68 Å². The minimum atomic E-state index is -0.272. The van der Waals surface area contributed by atoms with Crippen LogP contribution in [0.4, 0.5) is 0 Å². The van der Waals surface area contributed by atoms with E-state index in [0.29, 0.717) is 11.2 Å². The van der Waals surface area contributed by atoms with Crippen LogP contribution in [0.15, 0.2) is 39.9 Å². The first-order valence-corrected chi connectivity index (χ1v) is 11.3. The number of piperidine rings is 1. The molecule has 164 valence electrons. The standard InChI is InChI=1S/C23H29N5O3/c29-20-7-6-17-3-1-5-19(21(17)24-20)28-23(30)25-22(26-28)18-4-2-11-27(15-18)12-8-16-9-13-31-14-10-16/h1,3,5-7,16,18H,2,4,8-15H2,(H,24,29)(H,25,26,30)/t18-/m0/s1. The first-order valence-electron chi connectivity index (χ1n) is 11.3. The van der Waals surface area contributed by atoms with Crippen molar-refractivity contribution in [1.29, 1.82) is 0 Å². The number of benzene rings is 1. The number of pyridine rings is 1. The summed E-state index contributed by atoms with van der Waals surface area (Å²) in [4.78, 5) is 32.9. The first-order chi connectivity index (χ1) is 15.2. The number of likely N-dealkylation sites (tertiary alicyclic amines) is 1. The molecule has 0 bridgehead atoms. The van der Waals surface area contributed by atoms with Crippen LogP contribution in [0.2, 0.25) is 0 Å². The van der Waals surface area contributed by atoms with Crippen molar-refractivity contribution < 1.29 is 4.74 Å². The van der Waals surface area contributed by atoms with Crippen molar-refractivity contribution in [3.63, 3.8) is 0 Å². The number of hydrogen-bond acceptors (Lipinski definition) is 5. The lowest BCUT2D eigenvalue weighted by Crippen LogP contribution is -2.36. The maximum Gasteiger partial charge on any atom is 0.348 e. The lowest BCUT2D eigenvalue weighted by Gasteiger charge is -2.33. The first kappa shape index (κ1) is 20.2.